The SMILES string of the molecule is CCc1nc(NC(=O)Cc2cc(C(C)=O)ccc2OC)sc1C. The van der Waals surface area contributed by atoms with Crippen LogP contribution >= 0.6 is 11.3 Å². The van der Waals surface area contributed by atoms with Gasteiger partial charge in [-0.2, -0.15) is 0 Å². The molecule has 2 rings (SSSR count). The summed E-state index contributed by atoms with van der Waals surface area (Å²) in [5, 5.41) is 3.42. The highest BCUT2D eigenvalue weighted by Crippen LogP contribution is 2.24. The smallest absolute Gasteiger partial charge is 0.230 e. The van der Waals surface area contributed by atoms with E-state index in [0.717, 1.165) is 17.0 Å². The minimum absolute atomic E-state index is 0.0440. The molecule has 1 amide bonds. The number of ether oxygens (including phenoxy) is 1. The molecule has 1 heterocycles. The Morgan fingerprint density at radius 2 is 2.09 bits per heavy atom. The van der Waals surface area contributed by atoms with Crippen molar-refractivity contribution in [2.24, 2.45) is 0 Å². The zero-order valence-electron chi connectivity index (χ0n) is 13.7. The summed E-state index contributed by atoms with van der Waals surface area (Å²) < 4.78 is 5.27. The van der Waals surface area contributed by atoms with E-state index < -0.39 is 0 Å². The topological polar surface area (TPSA) is 68.3 Å². The third-order valence-corrected chi connectivity index (χ3v) is 4.44. The second-order valence-electron chi connectivity index (χ2n) is 5.18. The Bertz CT molecular complexity index is 737. The van der Waals surface area contributed by atoms with Gasteiger partial charge in [-0.15, -0.1) is 11.3 Å². The number of ketones is 1. The van der Waals surface area contributed by atoms with Gasteiger partial charge in [-0.25, -0.2) is 4.98 Å². The molecule has 6 heteroatoms. The van der Waals surface area contributed by atoms with E-state index in [2.05, 4.69) is 10.3 Å². The van der Waals surface area contributed by atoms with Crippen molar-refractivity contribution in [1.29, 1.82) is 0 Å². The lowest BCUT2D eigenvalue weighted by atomic mass is 10.0. The summed E-state index contributed by atoms with van der Waals surface area (Å²) in [6.07, 6.45) is 0.969. The number of Topliss-reactive ketones (excluding diaryl/α,β-unsaturated/α-hetero) is 1. The third kappa shape index (κ3) is 4.16. The Balaban J connectivity index is 2.15. The lowest BCUT2D eigenvalue weighted by molar-refractivity contribution is -0.115. The Morgan fingerprint density at radius 1 is 1.35 bits per heavy atom. The van der Waals surface area contributed by atoms with Crippen LogP contribution in [0.4, 0.5) is 5.13 Å². The molecule has 0 saturated carbocycles. The van der Waals surface area contributed by atoms with Crippen molar-refractivity contribution in [3.63, 3.8) is 0 Å². The maximum Gasteiger partial charge on any atom is 0.230 e. The summed E-state index contributed by atoms with van der Waals surface area (Å²) in [5.41, 5.74) is 2.25. The lowest BCUT2D eigenvalue weighted by Gasteiger charge is -2.09. The number of hydrogen-bond acceptors (Lipinski definition) is 5. The first-order chi connectivity index (χ1) is 10.9. The quantitative estimate of drug-likeness (QED) is 0.823. The molecular formula is C17H20N2O3S. The van der Waals surface area contributed by atoms with Gasteiger partial charge in [0.25, 0.3) is 0 Å². The van der Waals surface area contributed by atoms with Gasteiger partial charge in [0.2, 0.25) is 5.91 Å². The van der Waals surface area contributed by atoms with Crippen LogP contribution in [0.25, 0.3) is 0 Å². The minimum atomic E-state index is -0.180. The number of benzene rings is 1. The van der Waals surface area contributed by atoms with Crippen molar-refractivity contribution in [3.8, 4) is 5.75 Å². The fourth-order valence-electron chi connectivity index (χ4n) is 2.28. The Labute approximate surface area is 139 Å². The Hall–Kier alpha value is -2.21. The maximum absolute atomic E-state index is 12.3. The van der Waals surface area contributed by atoms with Crippen LogP contribution in [0.15, 0.2) is 18.2 Å². The van der Waals surface area contributed by atoms with E-state index in [1.54, 1.807) is 25.3 Å². The molecule has 0 atom stereocenters. The van der Waals surface area contributed by atoms with Crippen LogP contribution < -0.4 is 10.1 Å². The van der Waals surface area contributed by atoms with Gasteiger partial charge in [0.05, 0.1) is 19.2 Å². The van der Waals surface area contributed by atoms with Gasteiger partial charge in [-0.3, -0.25) is 9.59 Å². The van der Waals surface area contributed by atoms with Crippen molar-refractivity contribution in [3.05, 3.63) is 39.9 Å². The molecule has 23 heavy (non-hydrogen) atoms. The summed E-state index contributed by atoms with van der Waals surface area (Å²) in [7, 11) is 1.54. The van der Waals surface area contributed by atoms with Crippen LogP contribution in [-0.4, -0.2) is 23.8 Å². The fourth-order valence-corrected chi connectivity index (χ4v) is 3.20. The van der Waals surface area contributed by atoms with E-state index in [-0.39, 0.29) is 18.1 Å². The molecular weight excluding hydrogens is 312 g/mol. The summed E-state index contributed by atoms with van der Waals surface area (Å²) in [5.74, 6) is 0.368. The number of aryl methyl sites for hydroxylation is 2. The van der Waals surface area contributed by atoms with Crippen LogP contribution in [0, 0.1) is 6.92 Å². The highest BCUT2D eigenvalue weighted by molar-refractivity contribution is 7.15. The molecule has 0 aliphatic rings. The number of thiazole rings is 1. The molecule has 1 N–H and O–H groups in total. The molecule has 2 aromatic rings. The van der Waals surface area contributed by atoms with E-state index >= 15 is 0 Å². The molecule has 1 aromatic carbocycles. The van der Waals surface area contributed by atoms with Crippen molar-refractivity contribution >= 4 is 28.2 Å². The van der Waals surface area contributed by atoms with E-state index in [1.165, 1.54) is 18.3 Å². The first-order valence-electron chi connectivity index (χ1n) is 7.38. The predicted octanol–water partition coefficient (Wildman–Crippen LogP) is 3.41. The number of methoxy groups -OCH3 is 1. The predicted molar refractivity (Wildman–Crippen MR) is 91.6 cm³/mol. The molecule has 0 unspecified atom stereocenters. The first-order valence-corrected chi connectivity index (χ1v) is 8.20. The number of carbonyl (C=O) groups excluding carboxylic acids is 2. The van der Waals surface area contributed by atoms with Crippen molar-refractivity contribution in [2.75, 3.05) is 12.4 Å². The van der Waals surface area contributed by atoms with Gasteiger partial charge < -0.3 is 10.1 Å². The molecule has 0 bridgehead atoms. The number of nitrogens with one attached hydrogen (secondary N) is 1. The summed E-state index contributed by atoms with van der Waals surface area (Å²) in [6, 6.07) is 5.10. The zero-order chi connectivity index (χ0) is 17.0. The number of rotatable bonds is 6. The highest BCUT2D eigenvalue weighted by atomic mass is 32.1. The second kappa shape index (κ2) is 7.37. The Kier molecular flexibility index (Phi) is 5.50. The fraction of sp³-hybridized carbons (Fsp3) is 0.353. The van der Waals surface area contributed by atoms with Gasteiger partial charge in [0.15, 0.2) is 10.9 Å². The van der Waals surface area contributed by atoms with Crippen LogP contribution in [0.1, 0.15) is 40.3 Å². The summed E-state index contributed by atoms with van der Waals surface area (Å²) in [4.78, 5) is 29.3. The highest BCUT2D eigenvalue weighted by Gasteiger charge is 2.14. The average Bonchev–Trinajstić information content (AvgIpc) is 2.86. The van der Waals surface area contributed by atoms with Crippen molar-refractivity contribution < 1.29 is 14.3 Å². The molecule has 0 aliphatic heterocycles. The van der Waals surface area contributed by atoms with Crippen LogP contribution in [-0.2, 0) is 17.6 Å². The molecule has 0 radical (unpaired) electrons. The first kappa shape index (κ1) is 17.1. The van der Waals surface area contributed by atoms with Gasteiger partial charge in [-0.1, -0.05) is 6.92 Å². The number of nitrogens with zero attached hydrogens (tertiary/aromatic N) is 1. The molecule has 122 valence electrons. The minimum Gasteiger partial charge on any atom is -0.496 e. The third-order valence-electron chi connectivity index (χ3n) is 3.51. The largest absolute Gasteiger partial charge is 0.496 e. The van der Waals surface area contributed by atoms with Crippen molar-refractivity contribution in [2.45, 2.75) is 33.6 Å². The van der Waals surface area contributed by atoms with Crippen molar-refractivity contribution in [1.82, 2.24) is 4.98 Å². The number of hydrogen-bond donors (Lipinski definition) is 1. The zero-order valence-corrected chi connectivity index (χ0v) is 14.5. The van der Waals surface area contributed by atoms with E-state index in [0.29, 0.717) is 22.0 Å². The average molecular weight is 332 g/mol. The van der Waals surface area contributed by atoms with Crippen LogP contribution in [0.3, 0.4) is 0 Å². The van der Waals surface area contributed by atoms with E-state index in [1.807, 2.05) is 13.8 Å². The second-order valence-corrected chi connectivity index (χ2v) is 6.39. The monoisotopic (exact) mass is 332 g/mol. The van der Waals surface area contributed by atoms with Crippen LogP contribution in [0.2, 0.25) is 0 Å². The van der Waals surface area contributed by atoms with Gasteiger partial charge in [0, 0.05) is 16.0 Å². The molecule has 0 spiro atoms. The summed E-state index contributed by atoms with van der Waals surface area (Å²) in [6.45, 7) is 5.52. The van der Waals surface area contributed by atoms with Gasteiger partial charge in [-0.05, 0) is 38.5 Å². The number of aromatic nitrogens is 1. The number of anilines is 1. The molecule has 0 fully saturated rings. The maximum atomic E-state index is 12.3. The number of carbonyl (C=O) groups is 2. The van der Waals surface area contributed by atoms with E-state index in [9.17, 15) is 9.59 Å². The number of amides is 1. The van der Waals surface area contributed by atoms with Gasteiger partial charge >= 0.3 is 0 Å². The Morgan fingerprint density at radius 3 is 2.65 bits per heavy atom. The standard InChI is InChI=1S/C17H20N2O3S/c1-5-14-11(3)23-17(18-14)19-16(21)9-13-8-12(10(2)20)6-7-15(13)22-4/h6-8H,5,9H2,1-4H3,(H,18,19,21). The molecule has 1 aromatic heterocycles. The normalized spacial score (nSPS) is 10.4. The van der Waals surface area contributed by atoms with E-state index in [4.69, 9.17) is 4.74 Å². The molecule has 0 aliphatic carbocycles. The van der Waals surface area contributed by atoms with Crippen LogP contribution in [0.5, 0.6) is 5.75 Å². The lowest BCUT2D eigenvalue weighted by Crippen LogP contribution is -2.15. The molecule has 5 nitrogen and oxygen atoms in total. The van der Waals surface area contributed by atoms with Gasteiger partial charge in [0.1, 0.15) is 5.75 Å². The molecule has 0 saturated heterocycles. The summed E-state index contributed by atoms with van der Waals surface area (Å²) >= 11 is 1.47.